The minimum Gasteiger partial charge on any atom is -0.478 e. The summed E-state index contributed by atoms with van der Waals surface area (Å²) < 4.78 is 5.66. The summed E-state index contributed by atoms with van der Waals surface area (Å²) >= 11 is 0. The zero-order valence-corrected chi connectivity index (χ0v) is 12.4. The Morgan fingerprint density at radius 3 is 2.48 bits per heavy atom. The van der Waals surface area contributed by atoms with Crippen LogP contribution < -0.4 is 5.32 Å². The number of halogens is 1. The Labute approximate surface area is 129 Å². The summed E-state index contributed by atoms with van der Waals surface area (Å²) in [5, 5.41) is 21.1. The fraction of sp³-hybridized carbons (Fsp3) is 0.267. The third kappa shape index (κ3) is 4.90. The quantitative estimate of drug-likeness (QED) is 0.763. The maximum absolute atomic E-state index is 10.8. The molecule has 1 unspecified atom stereocenters. The van der Waals surface area contributed by atoms with Crippen molar-refractivity contribution in [2.75, 3.05) is 6.54 Å². The molecule has 1 atom stereocenters. The van der Waals surface area contributed by atoms with Gasteiger partial charge in [0.05, 0.1) is 18.2 Å². The molecule has 114 valence electrons. The van der Waals surface area contributed by atoms with Gasteiger partial charge in [0.15, 0.2) is 0 Å². The normalized spacial score (nSPS) is 11.7. The van der Waals surface area contributed by atoms with Crippen molar-refractivity contribution in [1.29, 1.82) is 0 Å². The zero-order chi connectivity index (χ0) is 14.5. The van der Waals surface area contributed by atoms with Gasteiger partial charge >= 0.3 is 5.97 Å². The van der Waals surface area contributed by atoms with Crippen molar-refractivity contribution < 1.29 is 19.4 Å². The van der Waals surface area contributed by atoms with Gasteiger partial charge in [-0.2, -0.15) is 0 Å². The zero-order valence-electron chi connectivity index (χ0n) is 11.6. The minimum atomic E-state index is -0.945. The largest absolute Gasteiger partial charge is 0.478 e. The highest BCUT2D eigenvalue weighted by molar-refractivity contribution is 5.88. The summed E-state index contributed by atoms with van der Waals surface area (Å²) in [5.74, 6) is 0.512. The van der Waals surface area contributed by atoms with Gasteiger partial charge in [-0.25, -0.2) is 4.79 Å². The first-order valence-electron chi connectivity index (χ1n) is 6.37. The van der Waals surface area contributed by atoms with Crippen LogP contribution in [0.15, 0.2) is 40.8 Å². The molecule has 1 aromatic heterocycles. The standard InChI is InChI=1S/C15H17NO4.ClH/c1-10(17)8-16-9-13-6-7-14(20-13)11-2-4-12(5-3-11)15(18)19;/h2-7,10,16-17H,8-9H2,1H3,(H,18,19);1H. The lowest BCUT2D eigenvalue weighted by atomic mass is 10.1. The van der Waals surface area contributed by atoms with Crippen molar-refractivity contribution in [1.82, 2.24) is 5.32 Å². The number of carboxylic acid groups (broad SMARTS) is 1. The molecule has 0 aliphatic rings. The van der Waals surface area contributed by atoms with Gasteiger partial charge in [-0.1, -0.05) is 12.1 Å². The molecule has 3 N–H and O–H groups in total. The maximum atomic E-state index is 10.8. The Balaban J connectivity index is 0.00000220. The summed E-state index contributed by atoms with van der Waals surface area (Å²) in [4.78, 5) is 10.8. The topological polar surface area (TPSA) is 82.7 Å². The number of rotatable bonds is 6. The van der Waals surface area contributed by atoms with E-state index in [1.54, 1.807) is 31.2 Å². The van der Waals surface area contributed by atoms with Gasteiger partial charge in [0.2, 0.25) is 0 Å². The van der Waals surface area contributed by atoms with Gasteiger partial charge in [0.1, 0.15) is 11.5 Å². The molecule has 1 aromatic carbocycles. The highest BCUT2D eigenvalue weighted by Crippen LogP contribution is 2.22. The molecule has 0 amide bonds. The van der Waals surface area contributed by atoms with Crippen LogP contribution in [0.4, 0.5) is 0 Å². The Hall–Kier alpha value is -1.82. The van der Waals surface area contributed by atoms with Crippen LogP contribution in [0, 0.1) is 0 Å². The predicted molar refractivity (Wildman–Crippen MR) is 81.7 cm³/mol. The minimum absolute atomic E-state index is 0. The number of carboxylic acids is 1. The van der Waals surface area contributed by atoms with Crippen LogP contribution >= 0.6 is 12.4 Å². The van der Waals surface area contributed by atoms with Crippen LogP contribution in [-0.2, 0) is 6.54 Å². The van der Waals surface area contributed by atoms with Crippen LogP contribution in [-0.4, -0.2) is 28.8 Å². The van der Waals surface area contributed by atoms with Gasteiger partial charge in [0, 0.05) is 12.1 Å². The van der Waals surface area contributed by atoms with E-state index in [1.807, 2.05) is 12.1 Å². The molecule has 0 radical (unpaired) electrons. The highest BCUT2D eigenvalue weighted by atomic mass is 35.5. The highest BCUT2D eigenvalue weighted by Gasteiger charge is 2.07. The van der Waals surface area contributed by atoms with Crippen molar-refractivity contribution >= 4 is 18.4 Å². The number of hydrogen-bond acceptors (Lipinski definition) is 4. The number of aromatic carboxylic acids is 1. The Morgan fingerprint density at radius 1 is 1.24 bits per heavy atom. The third-order valence-electron chi connectivity index (χ3n) is 2.82. The summed E-state index contributed by atoms with van der Waals surface area (Å²) in [5.41, 5.74) is 1.08. The number of nitrogens with one attached hydrogen (secondary N) is 1. The second-order valence-electron chi connectivity index (χ2n) is 4.63. The SMILES string of the molecule is CC(O)CNCc1ccc(-c2ccc(C(=O)O)cc2)o1.Cl. The van der Waals surface area contributed by atoms with Crippen molar-refractivity contribution in [3.8, 4) is 11.3 Å². The molecule has 1 heterocycles. The van der Waals surface area contributed by atoms with Crippen molar-refractivity contribution in [2.24, 2.45) is 0 Å². The van der Waals surface area contributed by atoms with E-state index in [2.05, 4.69) is 5.32 Å². The molecule has 2 rings (SSSR count). The molecule has 0 aliphatic carbocycles. The van der Waals surface area contributed by atoms with Crippen molar-refractivity contribution in [2.45, 2.75) is 19.6 Å². The summed E-state index contributed by atoms with van der Waals surface area (Å²) in [6.45, 7) is 2.76. The van der Waals surface area contributed by atoms with Crippen LogP contribution in [0.3, 0.4) is 0 Å². The third-order valence-corrected chi connectivity index (χ3v) is 2.82. The van der Waals surface area contributed by atoms with Crippen LogP contribution in [0.25, 0.3) is 11.3 Å². The van der Waals surface area contributed by atoms with E-state index in [-0.39, 0.29) is 18.0 Å². The Kier molecular flexibility index (Phi) is 6.42. The lowest BCUT2D eigenvalue weighted by Gasteiger charge is -2.04. The van der Waals surface area contributed by atoms with Crippen LogP contribution in [0.5, 0.6) is 0 Å². The van der Waals surface area contributed by atoms with E-state index in [1.165, 1.54) is 0 Å². The van der Waals surface area contributed by atoms with Gasteiger partial charge in [0.25, 0.3) is 0 Å². The number of aliphatic hydroxyl groups excluding tert-OH is 1. The van der Waals surface area contributed by atoms with E-state index in [4.69, 9.17) is 14.6 Å². The van der Waals surface area contributed by atoms with Gasteiger partial charge in [-0.3, -0.25) is 0 Å². The Bertz CT molecular complexity index is 578. The summed E-state index contributed by atoms with van der Waals surface area (Å²) in [7, 11) is 0. The molecule has 6 heteroatoms. The van der Waals surface area contributed by atoms with Crippen molar-refractivity contribution in [3.63, 3.8) is 0 Å². The number of carbonyl (C=O) groups is 1. The van der Waals surface area contributed by atoms with Gasteiger partial charge in [-0.15, -0.1) is 12.4 Å². The Morgan fingerprint density at radius 2 is 1.90 bits per heavy atom. The van der Waals surface area contributed by atoms with E-state index in [0.29, 0.717) is 18.8 Å². The molecular formula is C15H18ClNO4. The first-order valence-corrected chi connectivity index (χ1v) is 6.37. The number of aliphatic hydroxyl groups is 1. The van der Waals surface area contributed by atoms with E-state index in [0.717, 1.165) is 11.3 Å². The van der Waals surface area contributed by atoms with Gasteiger partial charge in [-0.05, 0) is 31.2 Å². The maximum Gasteiger partial charge on any atom is 0.335 e. The molecule has 0 saturated carbocycles. The molecule has 0 saturated heterocycles. The molecular weight excluding hydrogens is 294 g/mol. The molecule has 0 aliphatic heterocycles. The smallest absolute Gasteiger partial charge is 0.335 e. The fourth-order valence-corrected chi connectivity index (χ4v) is 1.81. The lowest BCUT2D eigenvalue weighted by molar-refractivity contribution is 0.0697. The lowest BCUT2D eigenvalue weighted by Crippen LogP contribution is -2.23. The molecule has 0 fully saturated rings. The number of benzene rings is 1. The summed E-state index contributed by atoms with van der Waals surface area (Å²) in [6, 6.07) is 10.2. The second-order valence-corrected chi connectivity index (χ2v) is 4.63. The average molecular weight is 312 g/mol. The molecule has 2 aromatic rings. The molecule has 21 heavy (non-hydrogen) atoms. The molecule has 0 spiro atoms. The first-order chi connectivity index (χ1) is 9.56. The van der Waals surface area contributed by atoms with Gasteiger partial charge < -0.3 is 19.9 Å². The second kappa shape index (κ2) is 7.83. The fourth-order valence-electron chi connectivity index (χ4n) is 1.81. The van der Waals surface area contributed by atoms with E-state index >= 15 is 0 Å². The van der Waals surface area contributed by atoms with E-state index in [9.17, 15) is 4.79 Å². The average Bonchev–Trinajstić information content (AvgIpc) is 2.87. The predicted octanol–water partition coefficient (Wildman–Crippen LogP) is 2.54. The van der Waals surface area contributed by atoms with Crippen molar-refractivity contribution in [3.05, 3.63) is 47.7 Å². The van der Waals surface area contributed by atoms with Crippen LogP contribution in [0.2, 0.25) is 0 Å². The molecule has 0 bridgehead atoms. The first kappa shape index (κ1) is 17.2. The van der Waals surface area contributed by atoms with E-state index < -0.39 is 12.1 Å². The summed E-state index contributed by atoms with van der Waals surface area (Å²) in [6.07, 6.45) is -0.395. The molecule has 5 nitrogen and oxygen atoms in total. The monoisotopic (exact) mass is 311 g/mol. The number of furan rings is 1. The van der Waals surface area contributed by atoms with Crippen LogP contribution in [0.1, 0.15) is 23.0 Å². The number of hydrogen-bond donors (Lipinski definition) is 3.